The van der Waals surface area contributed by atoms with Crippen molar-refractivity contribution in [1.29, 1.82) is 0 Å². The Balaban J connectivity index is 1.34. The number of carbonyl (C=O) groups is 3. The number of nitrogens with one attached hydrogen (secondary N) is 3. The number of amides is 3. The number of nitrogens with zero attached hydrogens (tertiary/aromatic N) is 1. The van der Waals surface area contributed by atoms with E-state index in [1.165, 1.54) is 6.07 Å². The highest BCUT2D eigenvalue weighted by atomic mass is 16.5. The molecule has 0 aliphatic rings. The number of carbonyl (C=O) groups excluding carboxylic acids is 3. The maximum absolute atomic E-state index is 12.4. The minimum absolute atomic E-state index is 0.0773. The van der Waals surface area contributed by atoms with Crippen molar-refractivity contribution in [3.8, 4) is 11.3 Å². The van der Waals surface area contributed by atoms with Crippen molar-refractivity contribution in [2.75, 3.05) is 17.2 Å². The van der Waals surface area contributed by atoms with Gasteiger partial charge in [0.05, 0.1) is 6.54 Å². The van der Waals surface area contributed by atoms with E-state index in [9.17, 15) is 14.4 Å². The molecular formula is C26H22N4O4. The van der Waals surface area contributed by atoms with Crippen LogP contribution >= 0.6 is 0 Å². The predicted molar refractivity (Wildman–Crippen MR) is 128 cm³/mol. The van der Waals surface area contributed by atoms with Crippen LogP contribution in [0.2, 0.25) is 0 Å². The van der Waals surface area contributed by atoms with Gasteiger partial charge in [0, 0.05) is 28.6 Å². The number of rotatable bonds is 7. The summed E-state index contributed by atoms with van der Waals surface area (Å²) in [7, 11) is 0. The van der Waals surface area contributed by atoms with Crippen LogP contribution in [0.5, 0.6) is 0 Å². The summed E-state index contributed by atoms with van der Waals surface area (Å²) < 4.78 is 5.22. The van der Waals surface area contributed by atoms with Crippen molar-refractivity contribution in [2.45, 2.75) is 6.92 Å². The fourth-order valence-corrected chi connectivity index (χ4v) is 3.19. The molecule has 0 aliphatic carbocycles. The average molecular weight is 454 g/mol. The van der Waals surface area contributed by atoms with Gasteiger partial charge in [-0.05, 0) is 36.8 Å². The van der Waals surface area contributed by atoms with Gasteiger partial charge >= 0.3 is 0 Å². The summed E-state index contributed by atoms with van der Waals surface area (Å²) in [5.41, 5.74) is 3.27. The third kappa shape index (κ3) is 5.55. The summed E-state index contributed by atoms with van der Waals surface area (Å²) in [4.78, 5) is 37.2. The van der Waals surface area contributed by atoms with Gasteiger partial charge in [0.1, 0.15) is 0 Å². The second kappa shape index (κ2) is 10.3. The van der Waals surface area contributed by atoms with Crippen LogP contribution in [0.1, 0.15) is 26.4 Å². The number of benzene rings is 3. The lowest BCUT2D eigenvalue weighted by atomic mass is 10.1. The van der Waals surface area contributed by atoms with E-state index in [1.54, 1.807) is 42.5 Å². The zero-order valence-electron chi connectivity index (χ0n) is 18.4. The van der Waals surface area contributed by atoms with Crippen molar-refractivity contribution in [3.63, 3.8) is 0 Å². The monoisotopic (exact) mass is 454 g/mol. The molecule has 0 spiro atoms. The van der Waals surface area contributed by atoms with Gasteiger partial charge in [-0.3, -0.25) is 14.4 Å². The van der Waals surface area contributed by atoms with Crippen LogP contribution in [0.3, 0.4) is 0 Å². The highest BCUT2D eigenvalue weighted by Gasteiger charge is 2.15. The molecule has 3 N–H and O–H groups in total. The molecule has 1 aromatic heterocycles. The summed E-state index contributed by atoms with van der Waals surface area (Å²) in [5, 5.41) is 11.9. The first-order chi connectivity index (χ1) is 16.5. The summed E-state index contributed by atoms with van der Waals surface area (Å²) in [6.45, 7) is 1.57. The van der Waals surface area contributed by atoms with Crippen LogP contribution in [-0.4, -0.2) is 29.4 Å². The lowest BCUT2D eigenvalue weighted by Crippen LogP contribution is -2.33. The van der Waals surface area contributed by atoms with Crippen LogP contribution < -0.4 is 16.0 Å². The Bertz CT molecular complexity index is 1320. The maximum atomic E-state index is 12.4. The zero-order chi connectivity index (χ0) is 23.9. The normalized spacial score (nSPS) is 10.4. The van der Waals surface area contributed by atoms with Crippen LogP contribution in [0.4, 0.5) is 11.4 Å². The second-order valence-corrected chi connectivity index (χ2v) is 7.52. The highest BCUT2D eigenvalue weighted by Crippen LogP contribution is 2.21. The molecule has 3 amide bonds. The van der Waals surface area contributed by atoms with Crippen LogP contribution in [0, 0.1) is 6.92 Å². The minimum Gasteiger partial charge on any atom is -0.355 e. The third-order valence-corrected chi connectivity index (χ3v) is 5.02. The van der Waals surface area contributed by atoms with Gasteiger partial charge in [0.2, 0.25) is 5.91 Å². The fraction of sp³-hybridized carbons (Fsp3) is 0.0769. The van der Waals surface area contributed by atoms with Crippen molar-refractivity contribution >= 4 is 29.1 Å². The second-order valence-electron chi connectivity index (χ2n) is 7.52. The molecule has 170 valence electrons. The van der Waals surface area contributed by atoms with E-state index >= 15 is 0 Å². The lowest BCUT2D eigenvalue weighted by Gasteiger charge is -2.12. The van der Waals surface area contributed by atoms with Crippen molar-refractivity contribution in [1.82, 2.24) is 10.5 Å². The lowest BCUT2D eigenvalue weighted by molar-refractivity contribution is -0.115. The van der Waals surface area contributed by atoms with Gasteiger partial charge in [-0.2, -0.15) is 0 Å². The number of aryl methyl sites for hydroxylation is 1. The molecule has 0 radical (unpaired) electrons. The Morgan fingerprint density at radius 1 is 0.824 bits per heavy atom. The SMILES string of the molecule is Cc1ccc(NC(=O)c2ccccc2)cc1NC(=O)CNC(=O)c1cc(-c2ccccc2)on1. The first-order valence-corrected chi connectivity index (χ1v) is 10.6. The van der Waals surface area contributed by atoms with Crippen LogP contribution in [-0.2, 0) is 4.79 Å². The number of hydrogen-bond donors (Lipinski definition) is 3. The van der Waals surface area contributed by atoms with Gasteiger partial charge in [-0.25, -0.2) is 0 Å². The minimum atomic E-state index is -0.526. The van der Waals surface area contributed by atoms with Gasteiger partial charge in [-0.1, -0.05) is 59.8 Å². The largest absolute Gasteiger partial charge is 0.355 e. The summed E-state index contributed by atoms with van der Waals surface area (Å²) in [6.07, 6.45) is 0. The van der Waals surface area contributed by atoms with E-state index in [1.807, 2.05) is 43.3 Å². The molecule has 0 unspecified atom stereocenters. The zero-order valence-corrected chi connectivity index (χ0v) is 18.4. The van der Waals surface area contributed by atoms with Gasteiger partial charge in [0.25, 0.3) is 11.8 Å². The first-order valence-electron chi connectivity index (χ1n) is 10.6. The highest BCUT2D eigenvalue weighted by molar-refractivity contribution is 6.05. The van der Waals surface area contributed by atoms with E-state index in [2.05, 4.69) is 21.1 Å². The molecule has 8 heteroatoms. The van der Waals surface area contributed by atoms with E-state index < -0.39 is 11.8 Å². The molecule has 4 rings (SSSR count). The topological polar surface area (TPSA) is 113 Å². The Kier molecular flexibility index (Phi) is 6.78. The predicted octanol–water partition coefficient (Wildman–Crippen LogP) is 4.27. The third-order valence-electron chi connectivity index (χ3n) is 5.02. The molecule has 0 saturated heterocycles. The Hall–Kier alpha value is -4.72. The van der Waals surface area contributed by atoms with Gasteiger partial charge in [0.15, 0.2) is 11.5 Å². The Labute approximate surface area is 196 Å². The molecule has 0 atom stereocenters. The quantitative estimate of drug-likeness (QED) is 0.386. The molecule has 8 nitrogen and oxygen atoms in total. The van der Waals surface area contributed by atoms with E-state index in [-0.39, 0.29) is 18.1 Å². The van der Waals surface area contributed by atoms with E-state index in [0.717, 1.165) is 11.1 Å². The molecule has 0 bridgehead atoms. The van der Waals surface area contributed by atoms with Crippen LogP contribution in [0.25, 0.3) is 11.3 Å². The first kappa shape index (κ1) is 22.5. The number of anilines is 2. The average Bonchev–Trinajstić information content (AvgIpc) is 3.36. The number of aromatic nitrogens is 1. The summed E-state index contributed by atoms with van der Waals surface area (Å²) >= 11 is 0. The Morgan fingerprint density at radius 3 is 2.26 bits per heavy atom. The fourth-order valence-electron chi connectivity index (χ4n) is 3.19. The summed E-state index contributed by atoms with van der Waals surface area (Å²) in [5.74, 6) is -0.742. The van der Waals surface area contributed by atoms with Gasteiger partial charge in [-0.15, -0.1) is 0 Å². The molecule has 3 aromatic carbocycles. The molecule has 1 heterocycles. The Morgan fingerprint density at radius 2 is 1.53 bits per heavy atom. The van der Waals surface area contributed by atoms with Gasteiger partial charge < -0.3 is 20.5 Å². The van der Waals surface area contributed by atoms with Crippen molar-refractivity contribution in [2.24, 2.45) is 0 Å². The molecule has 0 saturated carbocycles. The molecular weight excluding hydrogens is 432 g/mol. The molecule has 4 aromatic rings. The summed E-state index contributed by atoms with van der Waals surface area (Å²) in [6, 6.07) is 24.8. The molecule has 0 fully saturated rings. The maximum Gasteiger partial charge on any atom is 0.273 e. The van der Waals surface area contributed by atoms with Crippen molar-refractivity contribution < 1.29 is 18.9 Å². The van der Waals surface area contributed by atoms with Crippen molar-refractivity contribution in [3.05, 3.63) is 102 Å². The number of hydrogen-bond acceptors (Lipinski definition) is 5. The van der Waals surface area contributed by atoms with E-state index in [4.69, 9.17) is 4.52 Å². The standard InChI is InChI=1S/C26H22N4O4/c1-17-12-13-20(28-25(32)19-10-6-3-7-11-19)14-21(17)29-24(31)16-27-26(33)22-15-23(34-30-22)18-8-4-2-5-9-18/h2-15H,16H2,1H3,(H,27,33)(H,28,32)(H,29,31). The van der Waals surface area contributed by atoms with E-state index in [0.29, 0.717) is 22.7 Å². The molecule has 0 aliphatic heterocycles. The van der Waals surface area contributed by atoms with Crippen LogP contribution in [0.15, 0.2) is 89.5 Å². The molecule has 34 heavy (non-hydrogen) atoms. The smallest absolute Gasteiger partial charge is 0.273 e.